The van der Waals surface area contributed by atoms with Crippen LogP contribution in [0.4, 0.5) is 0 Å². The molecule has 0 aliphatic rings. The van der Waals surface area contributed by atoms with Gasteiger partial charge >= 0.3 is 80.9 Å². The number of hydrogen-bond donors (Lipinski definition) is 0. The van der Waals surface area contributed by atoms with Gasteiger partial charge in [-0.25, -0.2) is 0 Å². The van der Waals surface area contributed by atoms with Crippen LogP contribution in [0.1, 0.15) is 0 Å². The maximum atomic E-state index is 4.18. The summed E-state index contributed by atoms with van der Waals surface area (Å²) in [5, 5.41) is 6.65. The molecule has 0 atom stereocenters. The van der Waals surface area contributed by atoms with Crippen molar-refractivity contribution in [3.05, 3.63) is 36.4 Å². The van der Waals surface area contributed by atoms with E-state index in [9.17, 15) is 0 Å². The van der Waals surface area contributed by atoms with Crippen molar-refractivity contribution in [2.24, 2.45) is 0 Å². The van der Waals surface area contributed by atoms with E-state index in [1.807, 2.05) is 12.1 Å². The van der Waals surface area contributed by atoms with Crippen molar-refractivity contribution in [1.82, 2.24) is 9.19 Å². The van der Waals surface area contributed by atoms with Gasteiger partial charge < -0.3 is 0 Å². The third-order valence-electron chi connectivity index (χ3n) is 2.14. The predicted octanol–water partition coefficient (Wildman–Crippen LogP) is 1.84. The summed E-state index contributed by atoms with van der Waals surface area (Å²) in [5.41, 5.74) is 1.08. The molecule has 0 amide bonds. The molecule has 0 unspecified atom stereocenters. The molecular weight excluding hydrogens is 227 g/mol. The van der Waals surface area contributed by atoms with Crippen LogP contribution in [0.2, 0.25) is 0 Å². The van der Waals surface area contributed by atoms with E-state index in [0.717, 1.165) is 5.52 Å². The Morgan fingerprint density at radius 3 is 2.92 bits per heavy atom. The van der Waals surface area contributed by atoms with E-state index in [0.29, 0.717) is 0 Å². The third-order valence-corrected chi connectivity index (χ3v) is 3.59. The molecule has 0 radical (unpaired) electrons. The Morgan fingerprint density at radius 2 is 1.92 bits per heavy atom. The molecule has 0 spiro atoms. The molecule has 3 aromatic rings. The summed E-state index contributed by atoms with van der Waals surface area (Å²) in [6, 6.07) is 12.6. The second kappa shape index (κ2) is 2.66. The molecule has 0 saturated heterocycles. The summed E-state index contributed by atoms with van der Waals surface area (Å²) in [7, 11) is 0. The van der Waals surface area contributed by atoms with E-state index >= 15 is 0 Å². The number of aromatic nitrogens is 2. The Balaban J connectivity index is 2.65. The molecule has 3 heteroatoms. The van der Waals surface area contributed by atoms with Gasteiger partial charge in [0.1, 0.15) is 0 Å². The second-order valence-electron chi connectivity index (χ2n) is 2.91. The zero-order valence-corrected chi connectivity index (χ0v) is 8.48. The summed E-state index contributed by atoms with van der Waals surface area (Å²) >= 11 is 0.208. The van der Waals surface area contributed by atoms with E-state index in [1.54, 1.807) is 0 Å². The van der Waals surface area contributed by atoms with Crippen LogP contribution in [0.5, 0.6) is 0 Å². The summed E-state index contributed by atoms with van der Waals surface area (Å²) < 4.78 is 5.39. The first-order valence-electron chi connectivity index (χ1n) is 4.05. The Hall–Kier alpha value is -1.18. The van der Waals surface area contributed by atoms with Crippen LogP contribution >= 0.6 is 0 Å². The first-order valence-corrected chi connectivity index (χ1v) is 5.67. The van der Waals surface area contributed by atoms with Crippen molar-refractivity contribution in [1.29, 1.82) is 0 Å². The average Bonchev–Trinajstić information content (AvgIpc) is 2.65. The molecular formula is C10H6N2Se. The minimum atomic E-state index is 0.208. The van der Waals surface area contributed by atoms with Crippen LogP contribution in [0.3, 0.4) is 0 Å². The van der Waals surface area contributed by atoms with E-state index in [-0.39, 0.29) is 14.7 Å². The molecule has 0 saturated carbocycles. The molecule has 1 aromatic heterocycles. The molecule has 1 heterocycles. The number of rotatable bonds is 0. The SMILES string of the molecule is c1ccc2c(c1)ccc1[se]nnc12. The van der Waals surface area contributed by atoms with Crippen molar-refractivity contribution in [3.8, 4) is 0 Å². The molecule has 0 aliphatic heterocycles. The van der Waals surface area contributed by atoms with Crippen LogP contribution in [0, 0.1) is 0 Å². The second-order valence-corrected chi connectivity index (χ2v) is 4.55. The predicted molar refractivity (Wildman–Crippen MR) is 54.0 cm³/mol. The van der Waals surface area contributed by atoms with Crippen LogP contribution in [0.15, 0.2) is 36.4 Å². The van der Waals surface area contributed by atoms with Crippen molar-refractivity contribution in [3.63, 3.8) is 0 Å². The zero-order valence-electron chi connectivity index (χ0n) is 6.77. The molecule has 62 valence electrons. The van der Waals surface area contributed by atoms with Crippen LogP contribution in [-0.2, 0) is 0 Å². The summed E-state index contributed by atoms with van der Waals surface area (Å²) in [4.78, 5) is 0. The number of benzene rings is 2. The monoisotopic (exact) mass is 234 g/mol. The van der Waals surface area contributed by atoms with Crippen molar-refractivity contribution in [2.45, 2.75) is 0 Å². The Morgan fingerprint density at radius 1 is 1.00 bits per heavy atom. The summed E-state index contributed by atoms with van der Waals surface area (Å²) in [5.74, 6) is 0. The fraction of sp³-hybridized carbons (Fsp3) is 0. The molecule has 0 bridgehead atoms. The summed E-state index contributed by atoms with van der Waals surface area (Å²) in [6.45, 7) is 0. The molecule has 3 rings (SSSR count). The van der Waals surface area contributed by atoms with E-state index in [1.165, 1.54) is 15.0 Å². The van der Waals surface area contributed by atoms with Crippen molar-refractivity contribution < 1.29 is 0 Å². The molecule has 13 heavy (non-hydrogen) atoms. The third kappa shape index (κ3) is 1.01. The fourth-order valence-corrected chi connectivity index (χ4v) is 2.73. The van der Waals surface area contributed by atoms with Gasteiger partial charge in [-0.1, -0.05) is 0 Å². The fourth-order valence-electron chi connectivity index (χ4n) is 1.52. The van der Waals surface area contributed by atoms with Gasteiger partial charge in [0.2, 0.25) is 0 Å². The molecule has 2 aromatic carbocycles. The van der Waals surface area contributed by atoms with Gasteiger partial charge in [-0.3, -0.25) is 0 Å². The average molecular weight is 233 g/mol. The molecule has 2 nitrogen and oxygen atoms in total. The zero-order chi connectivity index (χ0) is 8.67. The summed E-state index contributed by atoms with van der Waals surface area (Å²) in [6.07, 6.45) is 0. The first-order chi connectivity index (χ1) is 6.45. The van der Waals surface area contributed by atoms with Gasteiger partial charge in [0.25, 0.3) is 0 Å². The van der Waals surface area contributed by atoms with E-state index < -0.39 is 0 Å². The maximum absolute atomic E-state index is 4.18. The van der Waals surface area contributed by atoms with E-state index in [4.69, 9.17) is 0 Å². The molecule has 0 N–H and O–H groups in total. The van der Waals surface area contributed by atoms with Gasteiger partial charge in [0, 0.05) is 0 Å². The van der Waals surface area contributed by atoms with Crippen molar-refractivity contribution in [2.75, 3.05) is 0 Å². The van der Waals surface area contributed by atoms with E-state index in [2.05, 4.69) is 33.5 Å². The van der Waals surface area contributed by atoms with Crippen LogP contribution in [0.25, 0.3) is 20.5 Å². The van der Waals surface area contributed by atoms with Gasteiger partial charge in [0.05, 0.1) is 0 Å². The number of fused-ring (bicyclic) bond motifs is 3. The van der Waals surface area contributed by atoms with Crippen LogP contribution < -0.4 is 0 Å². The first kappa shape index (κ1) is 7.24. The Bertz CT molecular complexity index is 571. The number of nitrogens with zero attached hydrogens (tertiary/aromatic N) is 2. The van der Waals surface area contributed by atoms with Gasteiger partial charge in [-0.2, -0.15) is 0 Å². The topological polar surface area (TPSA) is 25.8 Å². The van der Waals surface area contributed by atoms with Crippen molar-refractivity contribution >= 4 is 35.3 Å². The Kier molecular flexibility index (Phi) is 1.48. The molecule has 0 fully saturated rings. The molecule has 0 aliphatic carbocycles. The quantitative estimate of drug-likeness (QED) is 0.554. The normalized spacial score (nSPS) is 11.1. The minimum absolute atomic E-state index is 0.208. The van der Waals surface area contributed by atoms with Gasteiger partial charge in [0.15, 0.2) is 0 Å². The van der Waals surface area contributed by atoms with Gasteiger partial charge in [-0.15, -0.1) is 0 Å². The standard InChI is InChI=1S/C10H6N2Se/c1-2-4-8-7(3-1)5-6-9-10(8)11-12-13-9/h1-6H. The van der Waals surface area contributed by atoms with Crippen LogP contribution in [-0.4, -0.2) is 23.9 Å². The van der Waals surface area contributed by atoms with Gasteiger partial charge in [-0.05, 0) is 0 Å². The number of hydrogen-bond acceptors (Lipinski definition) is 2. The Labute approximate surface area is 81.2 Å².